The predicted octanol–water partition coefficient (Wildman–Crippen LogP) is 3.45. The lowest BCUT2D eigenvalue weighted by Gasteiger charge is -2.36. The van der Waals surface area contributed by atoms with Gasteiger partial charge in [-0.1, -0.05) is 26.0 Å². The van der Waals surface area contributed by atoms with Crippen molar-refractivity contribution in [1.29, 1.82) is 0 Å². The van der Waals surface area contributed by atoms with Crippen LogP contribution in [0.3, 0.4) is 0 Å². The van der Waals surface area contributed by atoms with E-state index in [-0.39, 0.29) is 23.3 Å². The van der Waals surface area contributed by atoms with Crippen molar-refractivity contribution in [3.63, 3.8) is 0 Å². The summed E-state index contributed by atoms with van der Waals surface area (Å²) in [5.41, 5.74) is 8.24. The minimum absolute atomic E-state index is 0.00139. The second-order valence-electron chi connectivity index (χ2n) is 9.00. The lowest BCUT2D eigenvalue weighted by atomic mass is 10.1. The number of sulfonamides is 1. The van der Waals surface area contributed by atoms with E-state index in [0.717, 1.165) is 28.2 Å². The van der Waals surface area contributed by atoms with Crippen molar-refractivity contribution in [2.45, 2.75) is 38.0 Å². The van der Waals surface area contributed by atoms with Gasteiger partial charge in [0.2, 0.25) is 15.9 Å². The number of amides is 1. The highest BCUT2D eigenvalue weighted by molar-refractivity contribution is 7.89. The zero-order valence-electron chi connectivity index (χ0n) is 20.1. The first-order valence-electron chi connectivity index (χ1n) is 11.9. The standard InChI is InChI=1S/C25H32N4O4S2/c1-3-8-28(9-4-2)25(31)19-11-23-21(27-24(26)12-19)13-22(34-23)18-6-5-7-20(10-18)35(32,33)29-14-17(15-29)16-30/h5-7,10-11,13,17,30H,3-4,8-9,12,14-16H2,1-2H3,(H2,26,27). The SMILES string of the molecule is CCCN(CCC)C(=O)C1=Cc2sc(-c3cccc(S(=O)(=O)N4CC(CO)C4)c3)cc2N=C(N)C1. The molecule has 8 nitrogen and oxygen atoms in total. The minimum atomic E-state index is -3.62. The number of hydrogen-bond donors (Lipinski definition) is 2. The number of carbonyl (C=O) groups is 1. The van der Waals surface area contributed by atoms with Gasteiger partial charge in [0, 0.05) is 55.6 Å². The first kappa shape index (κ1) is 25.6. The van der Waals surface area contributed by atoms with Crippen LogP contribution in [0, 0.1) is 5.92 Å². The Morgan fingerprint density at radius 2 is 1.94 bits per heavy atom. The molecule has 0 aliphatic carbocycles. The van der Waals surface area contributed by atoms with Gasteiger partial charge in [-0.2, -0.15) is 4.31 Å². The summed E-state index contributed by atoms with van der Waals surface area (Å²) < 4.78 is 27.4. The van der Waals surface area contributed by atoms with E-state index in [2.05, 4.69) is 18.8 Å². The highest BCUT2D eigenvalue weighted by Gasteiger charge is 2.36. The molecule has 188 valence electrons. The van der Waals surface area contributed by atoms with E-state index in [0.29, 0.717) is 49.7 Å². The Morgan fingerprint density at radius 1 is 1.23 bits per heavy atom. The molecular weight excluding hydrogens is 484 g/mol. The normalized spacial score (nSPS) is 16.7. The molecule has 3 N–H and O–H groups in total. The number of benzene rings is 1. The average molecular weight is 517 g/mol. The molecule has 0 radical (unpaired) electrons. The number of amidine groups is 1. The maximum atomic E-state index is 13.2. The van der Waals surface area contributed by atoms with Crippen molar-refractivity contribution >= 4 is 44.9 Å². The lowest BCUT2D eigenvalue weighted by molar-refractivity contribution is -0.127. The molecule has 0 unspecified atom stereocenters. The van der Waals surface area contributed by atoms with Crippen LogP contribution in [0.2, 0.25) is 0 Å². The van der Waals surface area contributed by atoms with Crippen molar-refractivity contribution in [2.24, 2.45) is 16.6 Å². The number of aliphatic imine (C=N–C) groups is 1. The fourth-order valence-electron chi connectivity index (χ4n) is 4.32. The van der Waals surface area contributed by atoms with E-state index < -0.39 is 10.0 Å². The highest BCUT2D eigenvalue weighted by atomic mass is 32.2. The van der Waals surface area contributed by atoms with Crippen molar-refractivity contribution in [3.8, 4) is 10.4 Å². The summed E-state index contributed by atoms with van der Waals surface area (Å²) in [5, 5.41) is 9.22. The summed E-state index contributed by atoms with van der Waals surface area (Å²) in [6, 6.07) is 8.74. The number of hydrogen-bond acceptors (Lipinski definition) is 7. The van der Waals surface area contributed by atoms with Gasteiger partial charge in [0.1, 0.15) is 5.84 Å². The van der Waals surface area contributed by atoms with Gasteiger partial charge in [0.15, 0.2) is 0 Å². The average Bonchev–Trinajstić information content (AvgIpc) is 3.12. The Morgan fingerprint density at radius 3 is 2.60 bits per heavy atom. The molecule has 3 heterocycles. The quantitative estimate of drug-likeness (QED) is 0.530. The number of aliphatic hydroxyl groups is 1. The monoisotopic (exact) mass is 516 g/mol. The summed E-state index contributed by atoms with van der Waals surface area (Å²) in [4.78, 5) is 21.5. The molecule has 1 fully saturated rings. The highest BCUT2D eigenvalue weighted by Crippen LogP contribution is 2.40. The zero-order valence-corrected chi connectivity index (χ0v) is 21.7. The van der Waals surface area contributed by atoms with E-state index in [4.69, 9.17) is 5.73 Å². The van der Waals surface area contributed by atoms with Crippen molar-refractivity contribution < 1.29 is 18.3 Å². The molecule has 1 aromatic carbocycles. The van der Waals surface area contributed by atoms with Crippen LogP contribution in [0.25, 0.3) is 16.5 Å². The smallest absolute Gasteiger partial charge is 0.250 e. The van der Waals surface area contributed by atoms with E-state index in [1.165, 1.54) is 15.6 Å². The number of carbonyl (C=O) groups excluding carboxylic acids is 1. The second-order valence-corrected chi connectivity index (χ2v) is 12.0. The van der Waals surface area contributed by atoms with Crippen LogP contribution in [-0.4, -0.2) is 67.3 Å². The fourth-order valence-corrected chi connectivity index (χ4v) is 7.02. The van der Waals surface area contributed by atoms with E-state index in [1.54, 1.807) is 18.2 Å². The molecule has 2 aliphatic rings. The first-order chi connectivity index (χ1) is 16.8. The molecule has 1 amide bonds. The number of rotatable bonds is 9. The van der Waals surface area contributed by atoms with Crippen LogP contribution in [0.5, 0.6) is 0 Å². The van der Waals surface area contributed by atoms with Gasteiger partial charge < -0.3 is 15.7 Å². The van der Waals surface area contributed by atoms with Crippen molar-refractivity contribution in [2.75, 3.05) is 32.8 Å². The molecule has 2 aliphatic heterocycles. The van der Waals surface area contributed by atoms with Gasteiger partial charge in [-0.25, -0.2) is 13.4 Å². The number of thiophene rings is 1. The Hall–Kier alpha value is -2.53. The third-order valence-electron chi connectivity index (χ3n) is 6.17. The Kier molecular flexibility index (Phi) is 7.75. The van der Waals surface area contributed by atoms with Gasteiger partial charge >= 0.3 is 0 Å². The van der Waals surface area contributed by atoms with Crippen LogP contribution in [0.4, 0.5) is 5.69 Å². The maximum absolute atomic E-state index is 13.2. The fraction of sp³-hybridized carbons (Fsp3) is 0.440. The van der Waals surface area contributed by atoms with Crippen molar-refractivity contribution in [1.82, 2.24) is 9.21 Å². The maximum Gasteiger partial charge on any atom is 0.250 e. The van der Waals surface area contributed by atoms with Gasteiger partial charge in [-0.3, -0.25) is 4.79 Å². The molecule has 10 heteroatoms. The van der Waals surface area contributed by atoms with Crippen molar-refractivity contribution in [3.05, 3.63) is 40.8 Å². The third-order valence-corrected chi connectivity index (χ3v) is 9.12. The van der Waals surface area contributed by atoms with Crippen LogP contribution in [0.1, 0.15) is 38.0 Å². The summed E-state index contributed by atoms with van der Waals surface area (Å²) in [7, 11) is -3.62. The Balaban J connectivity index is 1.64. The van der Waals surface area contributed by atoms with E-state index in [1.807, 2.05) is 23.1 Å². The molecule has 0 spiro atoms. The van der Waals surface area contributed by atoms with Gasteiger partial charge in [-0.05, 0) is 42.7 Å². The number of nitrogens with zero attached hydrogens (tertiary/aromatic N) is 3. The first-order valence-corrected chi connectivity index (χ1v) is 14.2. The third kappa shape index (κ3) is 5.35. The molecule has 0 atom stereocenters. The molecule has 0 bridgehead atoms. The Labute approximate surface area is 210 Å². The molecule has 35 heavy (non-hydrogen) atoms. The molecule has 1 aromatic heterocycles. The summed E-state index contributed by atoms with van der Waals surface area (Å²) in [6.45, 7) is 6.15. The van der Waals surface area contributed by atoms with Crippen LogP contribution < -0.4 is 5.73 Å². The van der Waals surface area contributed by atoms with E-state index in [9.17, 15) is 18.3 Å². The molecule has 1 saturated heterocycles. The lowest BCUT2D eigenvalue weighted by Crippen LogP contribution is -2.51. The Bertz CT molecular complexity index is 1250. The number of aliphatic hydroxyl groups excluding tert-OH is 1. The van der Waals surface area contributed by atoms with Gasteiger partial charge in [0.25, 0.3) is 0 Å². The summed E-state index contributed by atoms with van der Waals surface area (Å²) in [6.07, 6.45) is 3.95. The van der Waals surface area contributed by atoms with Gasteiger partial charge in [-0.15, -0.1) is 11.3 Å². The summed E-state index contributed by atoms with van der Waals surface area (Å²) >= 11 is 1.46. The van der Waals surface area contributed by atoms with Crippen LogP contribution >= 0.6 is 11.3 Å². The largest absolute Gasteiger partial charge is 0.396 e. The predicted molar refractivity (Wildman–Crippen MR) is 140 cm³/mol. The minimum Gasteiger partial charge on any atom is -0.396 e. The number of nitrogens with two attached hydrogens (primary N) is 1. The molecular formula is C25H32N4O4S2. The zero-order chi connectivity index (χ0) is 25.2. The molecule has 4 rings (SSSR count). The molecule has 0 saturated carbocycles. The molecule has 2 aromatic rings. The van der Waals surface area contributed by atoms with Crippen LogP contribution in [-0.2, 0) is 14.8 Å². The topological polar surface area (TPSA) is 116 Å². The van der Waals surface area contributed by atoms with Gasteiger partial charge in [0.05, 0.1) is 15.5 Å². The van der Waals surface area contributed by atoms with E-state index >= 15 is 0 Å². The second kappa shape index (κ2) is 10.6. The number of fused-ring (bicyclic) bond motifs is 1. The summed E-state index contributed by atoms with van der Waals surface area (Å²) in [5.74, 6) is 0.366. The van der Waals surface area contributed by atoms with Crippen LogP contribution in [0.15, 0.2) is 45.8 Å².